The molecule has 0 aromatic carbocycles. The number of carbonyl (C=O) groups excluding carboxylic acids is 2. The van der Waals surface area contributed by atoms with Crippen molar-refractivity contribution >= 4 is 11.8 Å². The summed E-state index contributed by atoms with van der Waals surface area (Å²) in [5.74, 6) is -0.331. The monoisotopic (exact) mass is 237 g/mol. The fourth-order valence-electron chi connectivity index (χ4n) is 1.97. The van der Waals surface area contributed by atoms with E-state index in [1.54, 1.807) is 4.90 Å². The van der Waals surface area contributed by atoms with Gasteiger partial charge in [0, 0.05) is 13.1 Å². The molecule has 1 aromatic rings. The maximum atomic E-state index is 12.1. The molecule has 0 bridgehead atoms. The van der Waals surface area contributed by atoms with Crippen LogP contribution < -0.4 is 5.32 Å². The molecule has 1 aromatic heterocycles. The first-order valence-electron chi connectivity index (χ1n) is 5.68. The minimum absolute atomic E-state index is 0.0880. The van der Waals surface area contributed by atoms with Gasteiger partial charge in [0.15, 0.2) is 5.69 Å². The zero-order chi connectivity index (χ0) is 12.3. The lowest BCUT2D eigenvalue weighted by Gasteiger charge is -2.34. The number of hydrogen-bond donors (Lipinski definition) is 2. The summed E-state index contributed by atoms with van der Waals surface area (Å²) in [4.78, 5) is 25.4. The molecule has 2 N–H and O–H groups in total. The molecular weight excluding hydrogens is 222 g/mol. The van der Waals surface area contributed by atoms with E-state index in [2.05, 4.69) is 20.7 Å². The van der Waals surface area contributed by atoms with E-state index < -0.39 is 6.04 Å². The summed E-state index contributed by atoms with van der Waals surface area (Å²) in [7, 11) is 0. The topological polar surface area (TPSA) is 91.0 Å². The van der Waals surface area contributed by atoms with Crippen LogP contribution in [0.1, 0.15) is 30.3 Å². The molecule has 2 rings (SSSR count). The molecule has 0 saturated carbocycles. The lowest BCUT2D eigenvalue weighted by molar-refractivity contribution is -0.128. The molecule has 1 saturated heterocycles. The number of carbonyl (C=O) groups is 2. The van der Waals surface area contributed by atoms with E-state index in [1.807, 2.05) is 6.92 Å². The van der Waals surface area contributed by atoms with Crippen molar-refractivity contribution in [3.05, 3.63) is 11.9 Å². The number of nitrogens with one attached hydrogen (secondary N) is 2. The maximum absolute atomic E-state index is 12.1. The standard InChI is InChI=1S/C10H15N5O2/c1-2-3-8-9(16)11-4-5-15(8)10(17)7-6-12-14-13-7/h6,8H,2-5H2,1H3,(H,11,16)(H,12,13,14). The van der Waals surface area contributed by atoms with Crippen LogP contribution in [-0.4, -0.2) is 51.3 Å². The van der Waals surface area contributed by atoms with Crippen molar-refractivity contribution in [2.75, 3.05) is 13.1 Å². The van der Waals surface area contributed by atoms with Gasteiger partial charge in [0.2, 0.25) is 5.91 Å². The predicted molar refractivity (Wildman–Crippen MR) is 59.1 cm³/mol. The molecule has 92 valence electrons. The molecule has 0 aliphatic carbocycles. The second-order valence-corrected chi connectivity index (χ2v) is 3.95. The summed E-state index contributed by atoms with van der Waals surface area (Å²) in [5, 5.41) is 12.5. The minimum Gasteiger partial charge on any atom is -0.353 e. The van der Waals surface area contributed by atoms with Gasteiger partial charge < -0.3 is 10.2 Å². The molecule has 7 heteroatoms. The third-order valence-corrected chi connectivity index (χ3v) is 2.79. The Kier molecular flexibility index (Phi) is 3.36. The van der Waals surface area contributed by atoms with Gasteiger partial charge in [-0.25, -0.2) is 0 Å². The largest absolute Gasteiger partial charge is 0.353 e. The highest BCUT2D eigenvalue weighted by atomic mass is 16.2. The van der Waals surface area contributed by atoms with Crippen molar-refractivity contribution in [3.63, 3.8) is 0 Å². The number of aromatic amines is 1. The average Bonchev–Trinajstić information content (AvgIpc) is 2.85. The summed E-state index contributed by atoms with van der Waals surface area (Å²) in [6.45, 7) is 2.99. The average molecular weight is 237 g/mol. The quantitative estimate of drug-likeness (QED) is 0.744. The Hall–Kier alpha value is -1.92. The highest BCUT2D eigenvalue weighted by Crippen LogP contribution is 2.13. The number of aromatic nitrogens is 3. The number of nitrogens with zero attached hydrogens (tertiary/aromatic N) is 3. The van der Waals surface area contributed by atoms with Crippen LogP contribution in [0, 0.1) is 0 Å². The van der Waals surface area contributed by atoms with Crippen molar-refractivity contribution in [1.29, 1.82) is 0 Å². The summed E-state index contributed by atoms with van der Waals surface area (Å²) < 4.78 is 0. The molecule has 17 heavy (non-hydrogen) atoms. The van der Waals surface area contributed by atoms with Crippen LogP contribution in [0.2, 0.25) is 0 Å². The van der Waals surface area contributed by atoms with Crippen molar-refractivity contribution in [1.82, 2.24) is 25.6 Å². The highest BCUT2D eigenvalue weighted by molar-refractivity contribution is 5.96. The third kappa shape index (κ3) is 2.27. The van der Waals surface area contributed by atoms with Crippen LogP contribution in [0.4, 0.5) is 0 Å². The van der Waals surface area contributed by atoms with Crippen LogP contribution in [0.15, 0.2) is 6.20 Å². The fraction of sp³-hybridized carbons (Fsp3) is 0.600. The van der Waals surface area contributed by atoms with E-state index in [0.717, 1.165) is 6.42 Å². The molecule has 1 atom stereocenters. The number of H-pyrrole nitrogens is 1. The predicted octanol–water partition coefficient (Wildman–Crippen LogP) is -0.455. The van der Waals surface area contributed by atoms with Gasteiger partial charge in [-0.05, 0) is 6.42 Å². The minimum atomic E-state index is -0.391. The van der Waals surface area contributed by atoms with E-state index >= 15 is 0 Å². The van der Waals surface area contributed by atoms with Crippen molar-refractivity contribution in [3.8, 4) is 0 Å². The first-order chi connectivity index (χ1) is 8.24. The summed E-state index contributed by atoms with van der Waals surface area (Å²) in [6.07, 6.45) is 2.88. The zero-order valence-electron chi connectivity index (χ0n) is 9.64. The molecule has 2 heterocycles. The van der Waals surface area contributed by atoms with E-state index in [1.165, 1.54) is 6.20 Å². The van der Waals surface area contributed by atoms with Crippen molar-refractivity contribution < 1.29 is 9.59 Å². The number of rotatable bonds is 3. The third-order valence-electron chi connectivity index (χ3n) is 2.79. The van der Waals surface area contributed by atoms with Gasteiger partial charge in [-0.15, -0.1) is 0 Å². The van der Waals surface area contributed by atoms with Crippen LogP contribution in [0.25, 0.3) is 0 Å². The Balaban J connectivity index is 2.17. The second kappa shape index (κ2) is 4.94. The Labute approximate surface area is 98.6 Å². The van der Waals surface area contributed by atoms with Crippen LogP contribution in [0.5, 0.6) is 0 Å². The van der Waals surface area contributed by atoms with Gasteiger partial charge >= 0.3 is 0 Å². The number of amides is 2. The molecule has 1 unspecified atom stereocenters. The van der Waals surface area contributed by atoms with Gasteiger partial charge in [0.1, 0.15) is 6.04 Å². The summed E-state index contributed by atoms with van der Waals surface area (Å²) >= 11 is 0. The van der Waals surface area contributed by atoms with E-state index in [-0.39, 0.29) is 17.5 Å². The normalized spacial score (nSPS) is 20.2. The zero-order valence-corrected chi connectivity index (χ0v) is 9.64. The molecule has 7 nitrogen and oxygen atoms in total. The molecular formula is C10H15N5O2. The highest BCUT2D eigenvalue weighted by Gasteiger charge is 2.33. The Morgan fingerprint density at radius 1 is 1.65 bits per heavy atom. The molecule has 0 spiro atoms. The molecule has 1 fully saturated rings. The summed E-state index contributed by atoms with van der Waals surface area (Å²) in [6, 6.07) is -0.391. The van der Waals surface area contributed by atoms with Crippen LogP contribution in [0.3, 0.4) is 0 Å². The second-order valence-electron chi connectivity index (χ2n) is 3.95. The first kappa shape index (κ1) is 11.6. The van der Waals surface area contributed by atoms with Crippen molar-refractivity contribution in [2.24, 2.45) is 0 Å². The first-order valence-corrected chi connectivity index (χ1v) is 5.68. The Morgan fingerprint density at radius 2 is 2.47 bits per heavy atom. The molecule has 0 radical (unpaired) electrons. The van der Waals surface area contributed by atoms with E-state index in [0.29, 0.717) is 19.5 Å². The van der Waals surface area contributed by atoms with E-state index in [4.69, 9.17) is 0 Å². The number of piperazine rings is 1. The lowest BCUT2D eigenvalue weighted by atomic mass is 10.1. The van der Waals surface area contributed by atoms with Gasteiger partial charge in [-0.1, -0.05) is 13.3 Å². The van der Waals surface area contributed by atoms with Crippen molar-refractivity contribution in [2.45, 2.75) is 25.8 Å². The Morgan fingerprint density at radius 3 is 3.12 bits per heavy atom. The molecule has 1 aliphatic heterocycles. The Bertz CT molecular complexity index is 403. The maximum Gasteiger partial charge on any atom is 0.276 e. The van der Waals surface area contributed by atoms with Gasteiger partial charge in [0.05, 0.1) is 6.20 Å². The van der Waals surface area contributed by atoms with Crippen LogP contribution in [-0.2, 0) is 4.79 Å². The summed E-state index contributed by atoms with van der Waals surface area (Å²) in [5.41, 5.74) is 0.251. The smallest absolute Gasteiger partial charge is 0.276 e. The lowest BCUT2D eigenvalue weighted by Crippen LogP contribution is -2.57. The van der Waals surface area contributed by atoms with Gasteiger partial charge in [-0.2, -0.15) is 15.4 Å². The molecule has 2 amide bonds. The SMILES string of the molecule is CCCC1C(=O)NCCN1C(=O)c1cn[nH]n1. The fourth-order valence-corrected chi connectivity index (χ4v) is 1.97. The molecule has 1 aliphatic rings. The van der Waals surface area contributed by atoms with E-state index in [9.17, 15) is 9.59 Å². The van der Waals surface area contributed by atoms with Gasteiger partial charge in [-0.3, -0.25) is 9.59 Å². The van der Waals surface area contributed by atoms with Crippen LogP contribution >= 0.6 is 0 Å². The number of hydrogen-bond acceptors (Lipinski definition) is 4. The van der Waals surface area contributed by atoms with Gasteiger partial charge in [0.25, 0.3) is 5.91 Å².